The van der Waals surface area contributed by atoms with Crippen LogP contribution < -0.4 is 0 Å². The summed E-state index contributed by atoms with van der Waals surface area (Å²) >= 11 is 0. The second kappa shape index (κ2) is 6.59. The Morgan fingerprint density at radius 3 is 1.72 bits per heavy atom. The van der Waals surface area contributed by atoms with E-state index in [1.165, 1.54) is 5.56 Å². The maximum Gasteiger partial charge on any atom is 0.150 e. The highest BCUT2D eigenvalue weighted by molar-refractivity contribution is 6.10. The number of Topliss-reactive ketones (excluding diaryl/α,β-unsaturated/α-hetero) is 2. The number of hydrogen-bond donors (Lipinski definition) is 0. The van der Waals surface area contributed by atoms with Gasteiger partial charge in [0.1, 0.15) is 0 Å². The molecule has 130 valence electrons. The fourth-order valence-electron chi connectivity index (χ4n) is 3.27. The molecule has 3 rings (SSSR count). The standard InChI is InChI=1S/C23H26O2/c1-22(2,3)19-11-9-18(10-12-19)16-21(25)23(13-14-23)20(24)15-17-7-5-4-6-8-17/h4-12H,13-16H2,1-3H3. The summed E-state index contributed by atoms with van der Waals surface area (Å²) in [4.78, 5) is 25.5. The second-order valence-corrected chi connectivity index (χ2v) is 8.21. The summed E-state index contributed by atoms with van der Waals surface area (Å²) < 4.78 is 0. The molecular weight excluding hydrogens is 308 g/mol. The number of rotatable bonds is 6. The number of carbonyl (C=O) groups excluding carboxylic acids is 2. The minimum atomic E-state index is -0.724. The van der Waals surface area contributed by atoms with Gasteiger partial charge in [0.2, 0.25) is 0 Å². The molecule has 2 aromatic rings. The molecule has 0 radical (unpaired) electrons. The Morgan fingerprint density at radius 1 is 0.800 bits per heavy atom. The molecule has 0 spiro atoms. The number of benzene rings is 2. The quantitative estimate of drug-likeness (QED) is 0.718. The molecule has 0 aliphatic heterocycles. The zero-order valence-corrected chi connectivity index (χ0v) is 15.3. The van der Waals surface area contributed by atoms with Crippen molar-refractivity contribution in [3.8, 4) is 0 Å². The first-order chi connectivity index (χ1) is 11.8. The number of hydrogen-bond acceptors (Lipinski definition) is 2. The second-order valence-electron chi connectivity index (χ2n) is 8.21. The van der Waals surface area contributed by atoms with Gasteiger partial charge < -0.3 is 0 Å². The molecule has 2 heteroatoms. The Kier molecular flexibility index (Phi) is 4.64. The van der Waals surface area contributed by atoms with Crippen molar-refractivity contribution >= 4 is 11.6 Å². The van der Waals surface area contributed by atoms with Gasteiger partial charge in [-0.1, -0.05) is 75.4 Å². The van der Waals surface area contributed by atoms with Gasteiger partial charge in [-0.05, 0) is 34.9 Å². The van der Waals surface area contributed by atoms with Gasteiger partial charge >= 0.3 is 0 Å². The van der Waals surface area contributed by atoms with Crippen LogP contribution in [0.5, 0.6) is 0 Å². The molecule has 1 aliphatic carbocycles. The van der Waals surface area contributed by atoms with E-state index >= 15 is 0 Å². The van der Waals surface area contributed by atoms with E-state index < -0.39 is 5.41 Å². The fraction of sp³-hybridized carbons (Fsp3) is 0.391. The molecule has 0 atom stereocenters. The molecule has 2 nitrogen and oxygen atoms in total. The van der Waals surface area contributed by atoms with Crippen molar-refractivity contribution in [1.29, 1.82) is 0 Å². The molecule has 2 aromatic carbocycles. The molecule has 1 fully saturated rings. The normalized spacial score (nSPS) is 15.6. The first-order valence-electron chi connectivity index (χ1n) is 9.01. The Bertz CT molecular complexity index is 760. The third-order valence-electron chi connectivity index (χ3n) is 5.21. The summed E-state index contributed by atoms with van der Waals surface area (Å²) in [5.41, 5.74) is 2.62. The first-order valence-corrected chi connectivity index (χ1v) is 9.01. The third-order valence-corrected chi connectivity index (χ3v) is 5.21. The zero-order valence-electron chi connectivity index (χ0n) is 15.3. The summed E-state index contributed by atoms with van der Waals surface area (Å²) in [6.07, 6.45) is 2.12. The molecule has 0 saturated heterocycles. The van der Waals surface area contributed by atoms with Crippen LogP contribution in [0.4, 0.5) is 0 Å². The van der Waals surface area contributed by atoms with E-state index in [1.54, 1.807) is 0 Å². The monoisotopic (exact) mass is 334 g/mol. The first kappa shape index (κ1) is 17.6. The minimum absolute atomic E-state index is 0.0787. The van der Waals surface area contributed by atoms with Gasteiger partial charge in [0.25, 0.3) is 0 Å². The van der Waals surface area contributed by atoms with E-state index in [0.717, 1.165) is 11.1 Å². The van der Waals surface area contributed by atoms with Crippen LogP contribution in [-0.4, -0.2) is 11.6 Å². The highest BCUT2D eigenvalue weighted by atomic mass is 16.2. The van der Waals surface area contributed by atoms with Crippen LogP contribution in [0.2, 0.25) is 0 Å². The van der Waals surface area contributed by atoms with Gasteiger partial charge in [-0.25, -0.2) is 0 Å². The molecule has 0 N–H and O–H groups in total. The third kappa shape index (κ3) is 3.89. The number of ketones is 2. The van der Waals surface area contributed by atoms with Crippen LogP contribution in [0.15, 0.2) is 54.6 Å². The van der Waals surface area contributed by atoms with Crippen molar-refractivity contribution in [2.45, 2.75) is 51.9 Å². The summed E-state index contributed by atoms with van der Waals surface area (Å²) in [5.74, 6) is 0.159. The van der Waals surface area contributed by atoms with Crippen LogP contribution in [0, 0.1) is 5.41 Å². The highest BCUT2D eigenvalue weighted by Crippen LogP contribution is 2.48. The van der Waals surface area contributed by atoms with E-state index in [4.69, 9.17) is 0 Å². The minimum Gasteiger partial charge on any atom is -0.298 e. The molecule has 0 bridgehead atoms. The van der Waals surface area contributed by atoms with Crippen molar-refractivity contribution < 1.29 is 9.59 Å². The summed E-state index contributed by atoms with van der Waals surface area (Å²) in [6, 6.07) is 17.9. The molecule has 25 heavy (non-hydrogen) atoms. The lowest BCUT2D eigenvalue weighted by atomic mass is 9.85. The predicted molar refractivity (Wildman–Crippen MR) is 101 cm³/mol. The molecule has 0 unspecified atom stereocenters. The Labute approximate surface area is 150 Å². The maximum atomic E-state index is 12.8. The zero-order chi connectivity index (χ0) is 18.1. The van der Waals surface area contributed by atoms with Crippen LogP contribution in [0.25, 0.3) is 0 Å². The van der Waals surface area contributed by atoms with Crippen molar-refractivity contribution in [3.05, 3.63) is 71.3 Å². The largest absolute Gasteiger partial charge is 0.298 e. The molecule has 0 amide bonds. The van der Waals surface area contributed by atoms with Gasteiger partial charge in [-0.2, -0.15) is 0 Å². The lowest BCUT2D eigenvalue weighted by Crippen LogP contribution is -2.28. The Hall–Kier alpha value is -2.22. The van der Waals surface area contributed by atoms with Crippen molar-refractivity contribution in [2.75, 3.05) is 0 Å². The van der Waals surface area contributed by atoms with Gasteiger partial charge in [0, 0.05) is 12.8 Å². The molecule has 1 aliphatic rings. The van der Waals surface area contributed by atoms with Crippen molar-refractivity contribution in [1.82, 2.24) is 0 Å². The molecule has 1 saturated carbocycles. The lowest BCUT2D eigenvalue weighted by Gasteiger charge is -2.19. The summed E-state index contributed by atoms with van der Waals surface area (Å²) in [7, 11) is 0. The summed E-state index contributed by atoms with van der Waals surface area (Å²) in [6.45, 7) is 6.53. The van der Waals surface area contributed by atoms with Crippen LogP contribution >= 0.6 is 0 Å². The topological polar surface area (TPSA) is 34.1 Å². The van der Waals surface area contributed by atoms with Crippen LogP contribution in [0.1, 0.15) is 50.3 Å². The molecule has 0 aromatic heterocycles. The predicted octanol–water partition coefficient (Wildman–Crippen LogP) is 4.69. The smallest absolute Gasteiger partial charge is 0.150 e. The Balaban J connectivity index is 1.67. The van der Waals surface area contributed by atoms with E-state index in [-0.39, 0.29) is 17.0 Å². The van der Waals surface area contributed by atoms with Gasteiger partial charge in [0.15, 0.2) is 11.6 Å². The van der Waals surface area contributed by atoms with Crippen LogP contribution in [-0.2, 0) is 27.8 Å². The van der Waals surface area contributed by atoms with E-state index in [0.29, 0.717) is 25.7 Å². The maximum absolute atomic E-state index is 12.8. The summed E-state index contributed by atoms with van der Waals surface area (Å²) in [5, 5.41) is 0. The number of carbonyl (C=O) groups is 2. The van der Waals surface area contributed by atoms with E-state index in [2.05, 4.69) is 32.9 Å². The van der Waals surface area contributed by atoms with E-state index in [9.17, 15) is 9.59 Å². The highest BCUT2D eigenvalue weighted by Gasteiger charge is 2.54. The fourth-order valence-corrected chi connectivity index (χ4v) is 3.27. The average molecular weight is 334 g/mol. The van der Waals surface area contributed by atoms with Gasteiger partial charge in [-0.3, -0.25) is 9.59 Å². The molecular formula is C23H26O2. The van der Waals surface area contributed by atoms with Gasteiger partial charge in [-0.15, -0.1) is 0 Å². The van der Waals surface area contributed by atoms with Crippen molar-refractivity contribution in [3.63, 3.8) is 0 Å². The van der Waals surface area contributed by atoms with Crippen molar-refractivity contribution in [2.24, 2.45) is 5.41 Å². The Morgan fingerprint density at radius 2 is 1.28 bits per heavy atom. The SMILES string of the molecule is CC(C)(C)c1ccc(CC(=O)C2(C(=O)Cc3ccccc3)CC2)cc1. The average Bonchev–Trinajstić information content (AvgIpc) is 3.37. The van der Waals surface area contributed by atoms with Crippen LogP contribution in [0.3, 0.4) is 0 Å². The lowest BCUT2D eigenvalue weighted by molar-refractivity contribution is -0.133. The van der Waals surface area contributed by atoms with E-state index in [1.807, 2.05) is 42.5 Å². The van der Waals surface area contributed by atoms with Gasteiger partial charge in [0.05, 0.1) is 5.41 Å². The molecule has 0 heterocycles.